The summed E-state index contributed by atoms with van der Waals surface area (Å²) in [6, 6.07) is 12.9. The molecule has 0 unspecified atom stereocenters. The number of fused-ring (bicyclic) bond motifs is 1. The van der Waals surface area contributed by atoms with Crippen molar-refractivity contribution in [2.45, 2.75) is 71.8 Å². The number of nitrogens with zero attached hydrogens (tertiary/aromatic N) is 6. The van der Waals surface area contributed by atoms with E-state index in [1.54, 1.807) is 11.9 Å². The Labute approximate surface area is 253 Å². The third-order valence-corrected chi connectivity index (χ3v) is 9.17. The standard InChI is InChI=1S/C31H44N6O5Si/c1-31(2,3)42-30(40)35-15-11-14-34(16-17-35)27-24(20-32)25-26(36(27)21-23-12-9-8-10-13-23)28(38)37(29(39)33(25)4)22-41-18-19-43(5,6)7/h8-10,12-13H,11,14-19,21-22H2,1-7H3. The van der Waals surface area contributed by atoms with Gasteiger partial charge in [-0.05, 0) is 38.8 Å². The SMILES string of the molecule is Cn1c(=O)n(COCC[Si](C)(C)C)c(=O)c2c1c(C#N)c(N1CCCN(C(=O)OC(C)(C)C)CC1)n2Cc1ccccc1. The summed E-state index contributed by atoms with van der Waals surface area (Å²) in [5.74, 6) is 0.567. The lowest BCUT2D eigenvalue weighted by atomic mass is 10.2. The smallest absolute Gasteiger partial charge is 0.410 e. The van der Waals surface area contributed by atoms with E-state index in [-0.39, 0.29) is 23.9 Å². The van der Waals surface area contributed by atoms with E-state index in [9.17, 15) is 19.6 Å². The number of anilines is 1. The second-order valence-electron chi connectivity index (χ2n) is 13.3. The first-order chi connectivity index (χ1) is 20.2. The van der Waals surface area contributed by atoms with Crippen LogP contribution in [0.15, 0.2) is 39.9 Å². The molecule has 232 valence electrons. The summed E-state index contributed by atoms with van der Waals surface area (Å²) in [5, 5.41) is 10.5. The van der Waals surface area contributed by atoms with Gasteiger partial charge < -0.3 is 23.8 Å². The van der Waals surface area contributed by atoms with Crippen molar-refractivity contribution in [2.24, 2.45) is 7.05 Å². The van der Waals surface area contributed by atoms with E-state index in [2.05, 4.69) is 25.7 Å². The van der Waals surface area contributed by atoms with Crippen molar-refractivity contribution < 1.29 is 14.3 Å². The van der Waals surface area contributed by atoms with Crippen molar-refractivity contribution in [1.29, 1.82) is 5.26 Å². The van der Waals surface area contributed by atoms with Crippen molar-refractivity contribution in [3.63, 3.8) is 0 Å². The molecular formula is C31H44N6O5Si. The summed E-state index contributed by atoms with van der Waals surface area (Å²) in [6.45, 7) is 14.7. The highest BCUT2D eigenvalue weighted by Crippen LogP contribution is 2.32. The monoisotopic (exact) mass is 608 g/mol. The van der Waals surface area contributed by atoms with Crippen LogP contribution in [0.4, 0.5) is 10.6 Å². The van der Waals surface area contributed by atoms with Crippen molar-refractivity contribution in [3.8, 4) is 6.07 Å². The zero-order chi connectivity index (χ0) is 31.5. The highest BCUT2D eigenvalue weighted by atomic mass is 28.3. The summed E-state index contributed by atoms with van der Waals surface area (Å²) >= 11 is 0. The van der Waals surface area contributed by atoms with Crippen LogP contribution < -0.4 is 16.1 Å². The molecule has 0 N–H and O–H groups in total. The Balaban J connectivity index is 1.82. The molecule has 1 aliphatic heterocycles. The summed E-state index contributed by atoms with van der Waals surface area (Å²) in [4.78, 5) is 44.1. The molecule has 0 radical (unpaired) electrons. The van der Waals surface area contributed by atoms with Crippen molar-refractivity contribution >= 4 is 31.0 Å². The van der Waals surface area contributed by atoms with Gasteiger partial charge in [0.25, 0.3) is 5.56 Å². The fourth-order valence-electron chi connectivity index (χ4n) is 5.27. The summed E-state index contributed by atoms with van der Waals surface area (Å²) in [7, 11) is 0.230. The number of amides is 1. The Morgan fingerprint density at radius 3 is 2.33 bits per heavy atom. The van der Waals surface area contributed by atoms with Crippen LogP contribution >= 0.6 is 0 Å². The molecule has 0 atom stereocenters. The summed E-state index contributed by atoms with van der Waals surface area (Å²) in [5.41, 5.74) is 0.158. The predicted molar refractivity (Wildman–Crippen MR) is 170 cm³/mol. The highest BCUT2D eigenvalue weighted by Gasteiger charge is 2.31. The molecule has 2 aromatic heterocycles. The molecule has 0 aliphatic carbocycles. The largest absolute Gasteiger partial charge is 0.444 e. The number of aryl methyl sites for hydroxylation is 1. The first kappa shape index (κ1) is 32.1. The van der Waals surface area contributed by atoms with Crippen LogP contribution in [0.2, 0.25) is 25.7 Å². The van der Waals surface area contributed by atoms with Crippen LogP contribution in [-0.2, 0) is 29.8 Å². The lowest BCUT2D eigenvalue weighted by molar-refractivity contribution is 0.0263. The molecule has 11 nitrogen and oxygen atoms in total. The number of rotatable bonds is 8. The topological polar surface area (TPSA) is 115 Å². The van der Waals surface area contributed by atoms with Crippen LogP contribution in [0.1, 0.15) is 38.3 Å². The summed E-state index contributed by atoms with van der Waals surface area (Å²) in [6.07, 6.45) is 0.268. The van der Waals surface area contributed by atoms with Gasteiger partial charge >= 0.3 is 11.8 Å². The van der Waals surface area contributed by atoms with Crippen LogP contribution in [0, 0.1) is 11.3 Å². The first-order valence-electron chi connectivity index (χ1n) is 14.8. The third-order valence-electron chi connectivity index (χ3n) is 7.47. The molecule has 1 amide bonds. The average molecular weight is 609 g/mol. The molecule has 1 saturated heterocycles. The Bertz CT molecular complexity index is 1620. The van der Waals surface area contributed by atoms with Gasteiger partial charge in [0.15, 0.2) is 0 Å². The second-order valence-corrected chi connectivity index (χ2v) is 18.9. The number of aromatic nitrogens is 3. The van der Waals surface area contributed by atoms with Gasteiger partial charge in [0, 0.05) is 54.5 Å². The van der Waals surface area contributed by atoms with Gasteiger partial charge in [-0.25, -0.2) is 14.2 Å². The molecule has 3 heterocycles. The van der Waals surface area contributed by atoms with E-state index in [0.29, 0.717) is 57.1 Å². The van der Waals surface area contributed by atoms with Crippen molar-refractivity contribution in [1.82, 2.24) is 18.6 Å². The first-order valence-corrected chi connectivity index (χ1v) is 18.5. The van der Waals surface area contributed by atoms with Crippen LogP contribution in [0.3, 0.4) is 0 Å². The Morgan fingerprint density at radius 2 is 1.70 bits per heavy atom. The van der Waals surface area contributed by atoms with E-state index >= 15 is 0 Å². The lowest BCUT2D eigenvalue weighted by Gasteiger charge is -2.27. The number of carbonyl (C=O) groups excluding carboxylic acids is 1. The number of ether oxygens (including phenoxy) is 2. The maximum Gasteiger partial charge on any atom is 0.410 e. The van der Waals surface area contributed by atoms with E-state index in [4.69, 9.17) is 9.47 Å². The van der Waals surface area contributed by atoms with Gasteiger partial charge in [-0.3, -0.25) is 9.36 Å². The zero-order valence-electron chi connectivity index (χ0n) is 26.5. The fourth-order valence-corrected chi connectivity index (χ4v) is 6.02. The van der Waals surface area contributed by atoms with Crippen molar-refractivity contribution in [2.75, 3.05) is 37.7 Å². The molecule has 43 heavy (non-hydrogen) atoms. The van der Waals surface area contributed by atoms with Gasteiger partial charge in [0.1, 0.15) is 35.3 Å². The fraction of sp³-hybridized carbons (Fsp3) is 0.548. The normalized spacial score (nSPS) is 14.6. The van der Waals surface area contributed by atoms with Crippen LogP contribution in [0.25, 0.3) is 11.0 Å². The van der Waals surface area contributed by atoms with Gasteiger partial charge in [-0.2, -0.15) is 5.26 Å². The van der Waals surface area contributed by atoms with Crippen molar-refractivity contribution in [3.05, 3.63) is 62.3 Å². The minimum Gasteiger partial charge on any atom is -0.444 e. The zero-order valence-corrected chi connectivity index (χ0v) is 27.5. The van der Waals surface area contributed by atoms with Crippen LogP contribution in [-0.4, -0.2) is 71.2 Å². The molecule has 0 spiro atoms. The van der Waals surface area contributed by atoms with Crippen LogP contribution in [0.5, 0.6) is 0 Å². The number of hydrogen-bond acceptors (Lipinski definition) is 7. The summed E-state index contributed by atoms with van der Waals surface area (Å²) < 4.78 is 15.8. The number of hydrogen-bond donors (Lipinski definition) is 0. The molecule has 3 aromatic rings. The quantitative estimate of drug-likeness (QED) is 0.278. The molecule has 0 saturated carbocycles. The Kier molecular flexibility index (Phi) is 9.56. The van der Waals surface area contributed by atoms with Gasteiger partial charge in [-0.1, -0.05) is 50.0 Å². The molecule has 0 bridgehead atoms. The van der Waals surface area contributed by atoms with E-state index in [1.165, 1.54) is 4.57 Å². The highest BCUT2D eigenvalue weighted by molar-refractivity contribution is 6.76. The molecule has 12 heteroatoms. The molecule has 1 aliphatic rings. The number of nitriles is 1. The molecular weight excluding hydrogens is 564 g/mol. The predicted octanol–water partition coefficient (Wildman–Crippen LogP) is 4.18. The Morgan fingerprint density at radius 1 is 1.00 bits per heavy atom. The lowest BCUT2D eigenvalue weighted by Crippen LogP contribution is -2.40. The van der Waals surface area contributed by atoms with E-state index in [0.717, 1.165) is 16.2 Å². The minimum atomic E-state index is -1.36. The number of carbonyl (C=O) groups is 1. The van der Waals surface area contributed by atoms with Gasteiger partial charge in [0.2, 0.25) is 0 Å². The molecule has 1 aromatic carbocycles. The minimum absolute atomic E-state index is 0.159. The van der Waals surface area contributed by atoms with Gasteiger partial charge in [0.05, 0.1) is 5.52 Å². The molecule has 1 fully saturated rings. The third kappa shape index (κ3) is 7.40. The second kappa shape index (κ2) is 12.8. The maximum atomic E-state index is 14.1. The van der Waals surface area contributed by atoms with Gasteiger partial charge in [-0.15, -0.1) is 0 Å². The van der Waals surface area contributed by atoms with E-state index < -0.39 is 24.9 Å². The van der Waals surface area contributed by atoms with E-state index in [1.807, 2.05) is 60.6 Å². The maximum absolute atomic E-state index is 14.1. The average Bonchev–Trinajstić information content (AvgIpc) is 3.05. The molecule has 4 rings (SSSR count). The Hall–Kier alpha value is -3.82. The number of benzene rings is 1.